The minimum absolute atomic E-state index is 0.0635. The number of benzene rings is 1. The molecule has 2 aromatic rings. The lowest BCUT2D eigenvalue weighted by atomic mass is 10.2. The summed E-state index contributed by atoms with van der Waals surface area (Å²) in [5.74, 6) is -0.636. The molecule has 2 rings (SSSR count). The fourth-order valence-corrected chi connectivity index (χ4v) is 2.56. The predicted molar refractivity (Wildman–Crippen MR) is 78.7 cm³/mol. The van der Waals surface area contributed by atoms with Crippen molar-refractivity contribution >= 4 is 32.7 Å². The number of hydrogen-bond acceptors (Lipinski definition) is 4. The summed E-state index contributed by atoms with van der Waals surface area (Å²) >= 11 is 3.35. The number of carbonyl (C=O) groups excluding carboxylic acids is 1. The molecule has 108 valence electrons. The fourth-order valence-electron chi connectivity index (χ4n) is 2.18. The van der Waals surface area contributed by atoms with Crippen LogP contribution in [-0.2, 0) is 9.53 Å². The average Bonchev–Trinajstić information content (AvgIpc) is 2.66. The molecule has 1 aromatic heterocycles. The molecule has 6 heteroatoms. The Bertz CT molecular complexity index is 635. The zero-order valence-corrected chi connectivity index (χ0v) is 12.8. The summed E-state index contributed by atoms with van der Waals surface area (Å²) in [4.78, 5) is 12.0. The smallest absolute Gasteiger partial charge is 0.331 e. The highest BCUT2D eigenvalue weighted by Gasteiger charge is 2.29. The second kappa shape index (κ2) is 5.85. The summed E-state index contributed by atoms with van der Waals surface area (Å²) in [5, 5.41) is 21.5. The highest BCUT2D eigenvalue weighted by molar-refractivity contribution is 9.10. The Balaban J connectivity index is 2.53. The Labute approximate surface area is 124 Å². The van der Waals surface area contributed by atoms with Gasteiger partial charge in [0.2, 0.25) is 0 Å². The SMILES string of the molecule is CCOC(=O)C(C(C)O)n1cc2cc(Br)ccc2c1O. The van der Waals surface area contributed by atoms with Crippen LogP contribution in [-0.4, -0.2) is 33.5 Å². The van der Waals surface area contributed by atoms with Gasteiger partial charge >= 0.3 is 5.97 Å². The lowest BCUT2D eigenvalue weighted by Gasteiger charge is -2.20. The maximum atomic E-state index is 12.0. The van der Waals surface area contributed by atoms with Crippen LogP contribution in [0.25, 0.3) is 10.8 Å². The second-order valence-corrected chi connectivity index (χ2v) is 5.44. The lowest BCUT2D eigenvalue weighted by Crippen LogP contribution is -2.30. The highest BCUT2D eigenvalue weighted by atomic mass is 79.9. The minimum Gasteiger partial charge on any atom is -0.494 e. The van der Waals surface area contributed by atoms with Crippen molar-refractivity contribution < 1.29 is 19.7 Å². The summed E-state index contributed by atoms with van der Waals surface area (Å²) in [5.41, 5.74) is 0. The standard InChI is InChI=1S/C14H16BrNO4/c1-3-20-14(19)12(8(2)17)16-7-9-6-10(15)4-5-11(9)13(16)18/h4-8,12,17-18H,3H2,1-2H3. The first-order chi connectivity index (χ1) is 9.45. The van der Waals surface area contributed by atoms with E-state index in [1.165, 1.54) is 11.5 Å². The van der Waals surface area contributed by atoms with Crippen molar-refractivity contribution in [3.8, 4) is 5.88 Å². The number of hydrogen-bond donors (Lipinski definition) is 2. The van der Waals surface area contributed by atoms with Crippen molar-refractivity contribution in [2.24, 2.45) is 0 Å². The summed E-state index contributed by atoms with van der Waals surface area (Å²) in [7, 11) is 0. The molecule has 0 amide bonds. The molecule has 5 nitrogen and oxygen atoms in total. The molecular weight excluding hydrogens is 326 g/mol. The third-order valence-electron chi connectivity index (χ3n) is 3.06. The Hall–Kier alpha value is -1.53. The highest BCUT2D eigenvalue weighted by Crippen LogP contribution is 2.33. The van der Waals surface area contributed by atoms with Crippen molar-refractivity contribution in [3.63, 3.8) is 0 Å². The van der Waals surface area contributed by atoms with Gasteiger partial charge in [0.1, 0.15) is 0 Å². The maximum absolute atomic E-state index is 12.0. The summed E-state index contributed by atoms with van der Waals surface area (Å²) in [6.07, 6.45) is 0.647. The molecule has 0 aliphatic rings. The van der Waals surface area contributed by atoms with E-state index in [0.29, 0.717) is 5.39 Å². The lowest BCUT2D eigenvalue weighted by molar-refractivity contribution is -0.150. The Morgan fingerprint density at radius 3 is 2.80 bits per heavy atom. The van der Waals surface area contributed by atoms with Crippen molar-refractivity contribution in [1.29, 1.82) is 0 Å². The molecule has 0 saturated heterocycles. The van der Waals surface area contributed by atoms with Crippen molar-refractivity contribution in [1.82, 2.24) is 4.57 Å². The van der Waals surface area contributed by atoms with Gasteiger partial charge in [-0.2, -0.15) is 0 Å². The van der Waals surface area contributed by atoms with Crippen LogP contribution in [0, 0.1) is 0 Å². The average molecular weight is 342 g/mol. The summed E-state index contributed by atoms with van der Waals surface area (Å²) < 4.78 is 7.17. The van der Waals surface area contributed by atoms with Gasteiger partial charge in [0.25, 0.3) is 0 Å². The van der Waals surface area contributed by atoms with E-state index in [1.54, 1.807) is 25.3 Å². The monoisotopic (exact) mass is 341 g/mol. The molecular formula is C14H16BrNO4. The van der Waals surface area contributed by atoms with E-state index in [1.807, 2.05) is 6.07 Å². The van der Waals surface area contributed by atoms with E-state index in [-0.39, 0.29) is 12.5 Å². The number of aliphatic hydroxyl groups is 1. The quantitative estimate of drug-likeness (QED) is 0.838. The molecule has 0 bridgehead atoms. The number of halogens is 1. The number of aliphatic hydroxyl groups excluding tert-OH is 1. The molecule has 2 unspecified atom stereocenters. The molecule has 0 aliphatic carbocycles. The van der Waals surface area contributed by atoms with Gasteiger partial charge in [0.05, 0.1) is 12.7 Å². The number of ether oxygens (including phenoxy) is 1. The van der Waals surface area contributed by atoms with Crippen molar-refractivity contribution in [2.45, 2.75) is 26.0 Å². The van der Waals surface area contributed by atoms with E-state index in [9.17, 15) is 15.0 Å². The van der Waals surface area contributed by atoms with Crippen LogP contribution < -0.4 is 0 Å². The molecule has 1 heterocycles. The zero-order chi connectivity index (χ0) is 14.9. The van der Waals surface area contributed by atoms with Crippen LogP contribution in [0.15, 0.2) is 28.9 Å². The fraction of sp³-hybridized carbons (Fsp3) is 0.357. The molecule has 0 aliphatic heterocycles. The number of aromatic nitrogens is 1. The van der Waals surface area contributed by atoms with Crippen LogP contribution in [0.1, 0.15) is 19.9 Å². The van der Waals surface area contributed by atoms with E-state index in [0.717, 1.165) is 9.86 Å². The van der Waals surface area contributed by atoms with Gasteiger partial charge in [-0.25, -0.2) is 4.79 Å². The number of carbonyl (C=O) groups is 1. The summed E-state index contributed by atoms with van der Waals surface area (Å²) in [6, 6.07) is 4.40. The van der Waals surface area contributed by atoms with E-state index >= 15 is 0 Å². The van der Waals surface area contributed by atoms with E-state index < -0.39 is 18.1 Å². The van der Waals surface area contributed by atoms with Crippen molar-refractivity contribution in [3.05, 3.63) is 28.9 Å². The zero-order valence-electron chi connectivity index (χ0n) is 11.2. The number of aromatic hydroxyl groups is 1. The molecule has 20 heavy (non-hydrogen) atoms. The molecule has 2 atom stereocenters. The first-order valence-electron chi connectivity index (χ1n) is 6.29. The number of rotatable bonds is 4. The van der Waals surface area contributed by atoms with Gasteiger partial charge in [-0.15, -0.1) is 0 Å². The van der Waals surface area contributed by atoms with E-state index in [2.05, 4.69) is 15.9 Å². The van der Waals surface area contributed by atoms with Gasteiger partial charge in [-0.1, -0.05) is 15.9 Å². The molecule has 2 N–H and O–H groups in total. The first kappa shape index (κ1) is 14.9. The molecule has 0 fully saturated rings. The van der Waals surface area contributed by atoms with Gasteiger partial charge in [0.15, 0.2) is 11.9 Å². The van der Waals surface area contributed by atoms with Gasteiger partial charge in [-0.3, -0.25) is 0 Å². The summed E-state index contributed by atoms with van der Waals surface area (Å²) in [6.45, 7) is 3.40. The third kappa shape index (κ3) is 2.66. The van der Waals surface area contributed by atoms with Gasteiger partial charge in [0, 0.05) is 21.4 Å². The maximum Gasteiger partial charge on any atom is 0.331 e. The second-order valence-electron chi connectivity index (χ2n) is 4.53. The molecule has 0 radical (unpaired) electrons. The van der Waals surface area contributed by atoms with Crippen LogP contribution in [0.5, 0.6) is 5.88 Å². The van der Waals surface area contributed by atoms with Crippen LogP contribution in [0.2, 0.25) is 0 Å². The molecule has 0 saturated carbocycles. The number of esters is 1. The van der Waals surface area contributed by atoms with Crippen LogP contribution in [0.3, 0.4) is 0 Å². The van der Waals surface area contributed by atoms with Crippen LogP contribution in [0.4, 0.5) is 0 Å². The third-order valence-corrected chi connectivity index (χ3v) is 3.56. The van der Waals surface area contributed by atoms with Crippen LogP contribution >= 0.6 is 15.9 Å². The number of nitrogens with zero attached hydrogens (tertiary/aromatic N) is 1. The Morgan fingerprint density at radius 2 is 2.20 bits per heavy atom. The van der Waals surface area contributed by atoms with Gasteiger partial charge in [-0.05, 0) is 32.0 Å². The molecule has 0 spiro atoms. The normalized spacial score (nSPS) is 14.2. The largest absolute Gasteiger partial charge is 0.494 e. The predicted octanol–water partition coefficient (Wildman–Crippen LogP) is 2.59. The Morgan fingerprint density at radius 1 is 1.50 bits per heavy atom. The van der Waals surface area contributed by atoms with Gasteiger partial charge < -0.3 is 19.5 Å². The minimum atomic E-state index is -0.981. The van der Waals surface area contributed by atoms with Crippen molar-refractivity contribution in [2.75, 3.05) is 6.61 Å². The molecule has 1 aromatic carbocycles. The Kier molecular flexibility index (Phi) is 4.35. The first-order valence-corrected chi connectivity index (χ1v) is 7.08. The topological polar surface area (TPSA) is 71.7 Å². The number of fused-ring (bicyclic) bond motifs is 1. The van der Waals surface area contributed by atoms with E-state index in [4.69, 9.17) is 4.74 Å².